The van der Waals surface area contributed by atoms with Gasteiger partial charge in [0, 0.05) is 11.8 Å². The Bertz CT molecular complexity index is 569. The van der Waals surface area contributed by atoms with Crippen molar-refractivity contribution in [1.82, 2.24) is 0 Å². The van der Waals surface area contributed by atoms with Crippen molar-refractivity contribution in [2.24, 2.45) is 46.8 Å². The topological polar surface area (TPSA) is 26.3 Å². The minimum absolute atomic E-state index is 0.0284. The van der Waals surface area contributed by atoms with Gasteiger partial charge in [-0.25, -0.2) is 0 Å². The third-order valence-electron chi connectivity index (χ3n) is 8.80. The summed E-state index contributed by atoms with van der Waals surface area (Å²) in [5, 5.41) is 0. The van der Waals surface area contributed by atoms with Gasteiger partial charge in [-0.1, -0.05) is 0 Å². The summed E-state index contributed by atoms with van der Waals surface area (Å²) in [4.78, 5) is 13.1. The van der Waals surface area contributed by atoms with Crippen molar-refractivity contribution in [2.75, 3.05) is 0 Å². The maximum absolute atomic E-state index is 13.1. The van der Waals surface area contributed by atoms with Crippen molar-refractivity contribution in [3.63, 3.8) is 0 Å². The summed E-state index contributed by atoms with van der Waals surface area (Å²) in [6.07, 6.45) is 5.05. The van der Waals surface area contributed by atoms with Crippen LogP contribution in [0.2, 0.25) is 0 Å². The Kier molecular flexibility index (Phi) is 0.906. The van der Waals surface area contributed by atoms with Crippen LogP contribution in [0.25, 0.3) is 0 Å². The Hall–Kier alpha value is -0.370. The Morgan fingerprint density at radius 1 is 1.28 bits per heavy atom. The van der Waals surface area contributed by atoms with Crippen LogP contribution in [0, 0.1) is 46.8 Å². The SMILES string of the molecule is C[C@]12CC[C@@H]3[C@H]4[C@@H]5C[C@H]6[C@@H]7C(=O)[C@](C1)([C@H]64)[C@@]3(O2)[C@H]57. The third-order valence-corrected chi connectivity index (χ3v) is 8.80. The van der Waals surface area contributed by atoms with Crippen LogP contribution < -0.4 is 0 Å². The first-order valence-electron chi connectivity index (χ1n) is 7.89. The number of hydrogen-bond donors (Lipinski definition) is 0. The Labute approximate surface area is 106 Å². The number of carbonyl (C=O) groups excluding carboxylic acids is 1. The summed E-state index contributed by atoms with van der Waals surface area (Å²) < 4.78 is 6.78. The highest BCUT2D eigenvalue weighted by molar-refractivity contribution is 5.98. The first kappa shape index (κ1) is 8.73. The van der Waals surface area contributed by atoms with Crippen LogP contribution in [0.4, 0.5) is 0 Å². The predicted molar refractivity (Wildman–Crippen MR) is 62.6 cm³/mol. The standard InChI is InChI=1S/C16H18O2/c1-14-3-2-8-9-6-4-7-10-12(6)16(8,18-14)15(5-14,11(7)9)13(10)17/h6-12H,2-5H2,1H3/t6-,7-,8+,9+,10-,11+,12+,14-,15-,16-/m0/s1. The zero-order valence-electron chi connectivity index (χ0n) is 10.7. The predicted octanol–water partition coefficient (Wildman–Crippen LogP) is 2.02. The Balaban J connectivity index is 1.68. The molecule has 0 aromatic carbocycles. The molecule has 8 rings (SSSR count). The van der Waals surface area contributed by atoms with E-state index in [9.17, 15) is 4.79 Å². The molecular formula is C16H18O2. The van der Waals surface area contributed by atoms with Crippen molar-refractivity contribution in [1.29, 1.82) is 0 Å². The van der Waals surface area contributed by atoms with E-state index in [1.165, 1.54) is 19.3 Å². The number of rotatable bonds is 0. The molecule has 18 heavy (non-hydrogen) atoms. The molecule has 6 saturated carbocycles. The van der Waals surface area contributed by atoms with E-state index < -0.39 is 0 Å². The second-order valence-electron chi connectivity index (χ2n) is 8.72. The van der Waals surface area contributed by atoms with Crippen molar-refractivity contribution in [3.8, 4) is 0 Å². The fourth-order valence-corrected chi connectivity index (χ4v) is 9.34. The number of ketones is 1. The molecule has 8 fully saturated rings. The highest BCUT2D eigenvalue weighted by Crippen LogP contribution is 2.94. The maximum Gasteiger partial charge on any atom is 0.146 e. The van der Waals surface area contributed by atoms with Crippen LogP contribution in [-0.4, -0.2) is 17.0 Å². The number of carbonyl (C=O) groups is 1. The van der Waals surface area contributed by atoms with Gasteiger partial charge in [-0.15, -0.1) is 0 Å². The van der Waals surface area contributed by atoms with Gasteiger partial charge in [-0.3, -0.25) is 4.79 Å². The summed E-state index contributed by atoms with van der Waals surface area (Å²) >= 11 is 0. The molecule has 0 aromatic heterocycles. The molecule has 2 heterocycles. The summed E-state index contributed by atoms with van der Waals surface area (Å²) in [5.74, 6) is 5.90. The molecule has 0 radical (unpaired) electrons. The number of hydrogen-bond acceptors (Lipinski definition) is 2. The van der Waals surface area contributed by atoms with Gasteiger partial charge in [-0.2, -0.15) is 0 Å². The largest absolute Gasteiger partial charge is 0.367 e. The molecule has 2 nitrogen and oxygen atoms in total. The molecule has 0 unspecified atom stereocenters. The lowest BCUT2D eigenvalue weighted by Gasteiger charge is -2.45. The highest BCUT2D eigenvalue weighted by atomic mass is 16.5. The van der Waals surface area contributed by atoms with Crippen molar-refractivity contribution < 1.29 is 9.53 Å². The number of fused-ring (bicyclic) bond motifs is 1. The van der Waals surface area contributed by atoms with E-state index in [0.29, 0.717) is 17.6 Å². The van der Waals surface area contributed by atoms with E-state index in [-0.39, 0.29) is 16.6 Å². The molecule has 94 valence electrons. The van der Waals surface area contributed by atoms with E-state index in [4.69, 9.17) is 4.74 Å². The monoisotopic (exact) mass is 242 g/mol. The second kappa shape index (κ2) is 1.87. The minimum atomic E-state index is 0.0284. The lowest BCUT2D eigenvalue weighted by molar-refractivity contribution is -0.183. The van der Waals surface area contributed by atoms with Crippen molar-refractivity contribution in [2.45, 2.75) is 43.8 Å². The van der Waals surface area contributed by atoms with E-state index in [1.807, 2.05) is 0 Å². The van der Waals surface area contributed by atoms with E-state index >= 15 is 0 Å². The molecule has 0 amide bonds. The first-order valence-corrected chi connectivity index (χ1v) is 7.89. The summed E-state index contributed by atoms with van der Waals surface area (Å²) in [6, 6.07) is 0. The average Bonchev–Trinajstić information content (AvgIpc) is 3.01. The minimum Gasteiger partial charge on any atom is -0.367 e. The zero-order chi connectivity index (χ0) is 11.7. The van der Waals surface area contributed by atoms with E-state index in [1.54, 1.807) is 0 Å². The molecule has 0 N–H and O–H groups in total. The molecular weight excluding hydrogens is 224 g/mol. The normalized spacial score (nSPS) is 82.9. The molecule has 10 atom stereocenters. The highest BCUT2D eigenvalue weighted by Gasteiger charge is 2.98. The van der Waals surface area contributed by atoms with Crippen LogP contribution in [-0.2, 0) is 9.53 Å². The van der Waals surface area contributed by atoms with Crippen LogP contribution in [0.15, 0.2) is 0 Å². The van der Waals surface area contributed by atoms with Crippen molar-refractivity contribution in [3.05, 3.63) is 0 Å². The average molecular weight is 242 g/mol. The second-order valence-corrected chi connectivity index (χ2v) is 8.72. The van der Waals surface area contributed by atoms with Crippen LogP contribution in [0.5, 0.6) is 0 Å². The molecule has 2 saturated heterocycles. The number of ether oxygens (including phenoxy) is 1. The van der Waals surface area contributed by atoms with Gasteiger partial charge < -0.3 is 4.74 Å². The van der Waals surface area contributed by atoms with Gasteiger partial charge in [0.05, 0.1) is 16.6 Å². The fraction of sp³-hybridized carbons (Fsp3) is 0.938. The first-order chi connectivity index (χ1) is 8.64. The zero-order valence-corrected chi connectivity index (χ0v) is 10.7. The third kappa shape index (κ3) is 0.446. The van der Waals surface area contributed by atoms with Gasteiger partial charge >= 0.3 is 0 Å². The molecule has 6 aliphatic carbocycles. The summed E-state index contributed by atoms with van der Waals surface area (Å²) in [6.45, 7) is 2.30. The fourth-order valence-electron chi connectivity index (χ4n) is 9.34. The molecule has 8 aliphatic rings. The van der Waals surface area contributed by atoms with Gasteiger partial charge in [0.2, 0.25) is 0 Å². The van der Waals surface area contributed by atoms with Crippen molar-refractivity contribution >= 4 is 5.78 Å². The molecule has 7 bridgehead atoms. The van der Waals surface area contributed by atoms with Gasteiger partial charge in [0.15, 0.2) is 0 Å². The smallest absolute Gasteiger partial charge is 0.146 e. The molecule has 0 aromatic rings. The van der Waals surface area contributed by atoms with E-state index in [2.05, 4.69) is 6.92 Å². The van der Waals surface area contributed by atoms with E-state index in [0.717, 1.165) is 36.0 Å². The van der Waals surface area contributed by atoms with Gasteiger partial charge in [-0.05, 0) is 62.2 Å². The molecule has 2 spiro atoms. The Morgan fingerprint density at radius 3 is 3.06 bits per heavy atom. The van der Waals surface area contributed by atoms with Crippen LogP contribution in [0.3, 0.4) is 0 Å². The molecule has 2 heteroatoms. The number of Topliss-reactive ketones (excluding diaryl/α,β-unsaturated/α-hetero) is 1. The Morgan fingerprint density at radius 2 is 2.17 bits per heavy atom. The van der Waals surface area contributed by atoms with Gasteiger partial charge in [0.25, 0.3) is 0 Å². The maximum atomic E-state index is 13.1. The quantitative estimate of drug-likeness (QED) is 0.649. The molecule has 2 aliphatic heterocycles. The summed E-state index contributed by atoms with van der Waals surface area (Å²) in [7, 11) is 0. The van der Waals surface area contributed by atoms with Gasteiger partial charge in [0.1, 0.15) is 5.78 Å². The van der Waals surface area contributed by atoms with Crippen LogP contribution >= 0.6 is 0 Å². The lowest BCUT2D eigenvalue weighted by atomic mass is 9.60. The lowest BCUT2D eigenvalue weighted by Crippen LogP contribution is -2.52. The summed E-state index contributed by atoms with van der Waals surface area (Å²) in [5.41, 5.74) is 0.148. The van der Waals surface area contributed by atoms with Crippen LogP contribution in [0.1, 0.15) is 32.6 Å².